The van der Waals surface area contributed by atoms with Gasteiger partial charge in [-0.2, -0.15) is 0 Å². The van der Waals surface area contributed by atoms with E-state index in [1.807, 2.05) is 18.5 Å². The standard InChI is InChI=1S/C35H43NO4/c1-31(2)19-33(40-39-21-31)12-13-34-16-24-15-22(23-5-4-14-36-18-23)6-7-25(24)27-17-32(3)28(8-9-29(32)37)26(30(27)34)10-11-35(34,38)20-33/h4-7,14-15,18,26-28,30,38H,8-13,16-17,19-21H2,1-3H3/t26-,27+,28-,30+,32-,33?,34-,35+/m0/s1. The van der Waals surface area contributed by atoms with E-state index in [-0.39, 0.29) is 16.2 Å². The maximum atomic E-state index is 13.4. The zero-order valence-corrected chi connectivity index (χ0v) is 24.2. The van der Waals surface area contributed by atoms with Crippen molar-refractivity contribution in [3.05, 3.63) is 53.9 Å². The predicted molar refractivity (Wildman–Crippen MR) is 152 cm³/mol. The number of ketones is 1. The molecule has 5 fully saturated rings. The van der Waals surface area contributed by atoms with E-state index in [1.54, 1.807) is 0 Å². The van der Waals surface area contributed by atoms with Crippen LogP contribution >= 0.6 is 0 Å². The third kappa shape index (κ3) is 3.38. The fourth-order valence-electron chi connectivity index (χ4n) is 11.4. The molecule has 1 aromatic heterocycles. The number of pyridine rings is 1. The van der Waals surface area contributed by atoms with E-state index in [1.165, 1.54) is 16.7 Å². The molecule has 0 bridgehead atoms. The Hall–Kier alpha value is -2.08. The Bertz CT molecular complexity index is 1370. The largest absolute Gasteiger partial charge is 0.389 e. The van der Waals surface area contributed by atoms with Gasteiger partial charge in [0.05, 0.1) is 12.2 Å². The van der Waals surface area contributed by atoms with Crippen LogP contribution in [0, 0.1) is 34.0 Å². The lowest BCUT2D eigenvalue weighted by atomic mass is 9.36. The summed E-state index contributed by atoms with van der Waals surface area (Å²) < 4.78 is 0. The highest BCUT2D eigenvalue weighted by Crippen LogP contribution is 2.74. The van der Waals surface area contributed by atoms with Crippen molar-refractivity contribution in [3.8, 4) is 11.1 Å². The Morgan fingerprint density at radius 2 is 1.90 bits per heavy atom. The summed E-state index contributed by atoms with van der Waals surface area (Å²) in [6.07, 6.45) is 12.6. The van der Waals surface area contributed by atoms with Gasteiger partial charge < -0.3 is 5.11 Å². The molecule has 40 heavy (non-hydrogen) atoms. The Labute approximate surface area is 238 Å². The van der Waals surface area contributed by atoms with Crippen molar-refractivity contribution < 1.29 is 19.7 Å². The average molecular weight is 542 g/mol. The number of carbonyl (C=O) groups is 1. The number of rotatable bonds is 1. The van der Waals surface area contributed by atoms with E-state index >= 15 is 0 Å². The van der Waals surface area contributed by atoms with Gasteiger partial charge in [0.1, 0.15) is 11.4 Å². The summed E-state index contributed by atoms with van der Waals surface area (Å²) in [5, 5.41) is 13.0. The number of nitrogens with zero attached hydrogens (tertiary/aromatic N) is 1. The summed E-state index contributed by atoms with van der Waals surface area (Å²) in [5.41, 5.74) is 3.47. The van der Waals surface area contributed by atoms with Crippen molar-refractivity contribution in [1.29, 1.82) is 0 Å². The van der Waals surface area contributed by atoms with Gasteiger partial charge in [-0.25, -0.2) is 9.78 Å². The number of hydrogen-bond acceptors (Lipinski definition) is 5. The van der Waals surface area contributed by atoms with E-state index in [4.69, 9.17) is 9.78 Å². The maximum absolute atomic E-state index is 13.4. The molecule has 5 aliphatic carbocycles. The van der Waals surface area contributed by atoms with Crippen molar-refractivity contribution in [1.82, 2.24) is 4.98 Å². The molecule has 1 saturated heterocycles. The van der Waals surface area contributed by atoms with E-state index < -0.39 is 11.2 Å². The van der Waals surface area contributed by atoms with Gasteiger partial charge in [0.25, 0.3) is 0 Å². The minimum Gasteiger partial charge on any atom is -0.389 e. The first kappa shape index (κ1) is 25.6. The fourth-order valence-corrected chi connectivity index (χ4v) is 11.4. The average Bonchev–Trinajstić information content (AvgIpc) is 3.22. The normalized spacial score (nSPS) is 44.9. The van der Waals surface area contributed by atoms with Crippen LogP contribution in [-0.4, -0.2) is 33.7 Å². The SMILES string of the molecule is CC1(C)COOC2(CC[C@@]34Cc5cc(-c6cccnc6)ccc5[C@H]5C[C@]6(C)C(=O)CC[C@H]6[C@H](CC[C@@]3(O)C2)[C@H]54)C1. The van der Waals surface area contributed by atoms with E-state index in [0.717, 1.165) is 63.4 Å². The zero-order chi connectivity index (χ0) is 27.5. The highest BCUT2D eigenvalue weighted by Gasteiger charge is 2.72. The molecule has 8 atom stereocenters. The zero-order valence-electron chi connectivity index (χ0n) is 24.2. The molecule has 2 spiro atoms. The first-order chi connectivity index (χ1) is 19.1. The Kier molecular flexibility index (Phi) is 5.29. The van der Waals surface area contributed by atoms with Gasteiger partial charge >= 0.3 is 0 Å². The lowest BCUT2D eigenvalue weighted by molar-refractivity contribution is -0.425. The van der Waals surface area contributed by atoms with E-state index in [0.29, 0.717) is 42.5 Å². The summed E-state index contributed by atoms with van der Waals surface area (Å²) in [4.78, 5) is 29.7. The fraction of sp³-hybridized carbons (Fsp3) is 0.657. The van der Waals surface area contributed by atoms with Gasteiger partial charge in [-0.3, -0.25) is 9.78 Å². The van der Waals surface area contributed by atoms with Crippen LogP contribution in [0.25, 0.3) is 11.1 Å². The third-order valence-corrected chi connectivity index (χ3v) is 12.8. The van der Waals surface area contributed by atoms with Gasteiger partial charge in [-0.15, -0.1) is 0 Å². The molecule has 2 heterocycles. The number of aromatic nitrogens is 1. The number of hydrogen-bond donors (Lipinski definition) is 1. The van der Waals surface area contributed by atoms with Crippen LogP contribution in [0.1, 0.15) is 95.6 Å². The highest BCUT2D eigenvalue weighted by atomic mass is 17.2. The number of aliphatic hydroxyl groups is 1. The van der Waals surface area contributed by atoms with Gasteiger partial charge in [-0.05, 0) is 109 Å². The molecular weight excluding hydrogens is 498 g/mol. The first-order valence-corrected chi connectivity index (χ1v) is 15.7. The summed E-state index contributed by atoms with van der Waals surface area (Å²) in [5.74, 6) is 2.13. The molecule has 6 aliphatic rings. The van der Waals surface area contributed by atoms with Crippen molar-refractivity contribution in [3.63, 3.8) is 0 Å². The molecule has 5 nitrogen and oxygen atoms in total. The van der Waals surface area contributed by atoms with Crippen molar-refractivity contribution >= 4 is 5.78 Å². The Morgan fingerprint density at radius 1 is 1.02 bits per heavy atom. The number of Topliss-reactive ketones (excluding diaryl/α,β-unsaturated/α-hetero) is 1. The Morgan fingerprint density at radius 3 is 2.70 bits per heavy atom. The maximum Gasteiger partial charge on any atom is 0.139 e. The second kappa shape index (κ2) is 8.26. The third-order valence-electron chi connectivity index (χ3n) is 12.8. The molecule has 2 aromatic rings. The Balaban J connectivity index is 1.27. The summed E-state index contributed by atoms with van der Waals surface area (Å²) in [6.45, 7) is 7.40. The highest BCUT2D eigenvalue weighted by molar-refractivity contribution is 5.87. The molecule has 1 N–H and O–H groups in total. The lowest BCUT2D eigenvalue weighted by Gasteiger charge is -2.70. The van der Waals surface area contributed by atoms with Crippen LogP contribution in [0.5, 0.6) is 0 Å². The second-order valence-corrected chi connectivity index (χ2v) is 15.6. The van der Waals surface area contributed by atoms with Gasteiger partial charge in [0, 0.05) is 36.1 Å². The number of fused-ring (bicyclic) bond motifs is 4. The van der Waals surface area contributed by atoms with E-state index in [2.05, 4.69) is 50.0 Å². The molecule has 1 aliphatic heterocycles. The van der Waals surface area contributed by atoms with Crippen molar-refractivity contribution in [2.45, 2.75) is 102 Å². The molecule has 1 unspecified atom stereocenters. The lowest BCUT2D eigenvalue weighted by Crippen LogP contribution is -2.70. The molecule has 0 radical (unpaired) electrons. The summed E-state index contributed by atoms with van der Waals surface area (Å²) in [6, 6.07) is 11.1. The van der Waals surface area contributed by atoms with Crippen molar-refractivity contribution in [2.24, 2.45) is 34.0 Å². The minimum atomic E-state index is -0.806. The molecule has 1 aromatic carbocycles. The molecular formula is C35H43NO4. The van der Waals surface area contributed by atoms with Crippen LogP contribution < -0.4 is 0 Å². The van der Waals surface area contributed by atoms with Crippen LogP contribution in [-0.2, 0) is 21.0 Å². The van der Waals surface area contributed by atoms with Gasteiger partial charge in [0.15, 0.2) is 0 Å². The first-order valence-electron chi connectivity index (χ1n) is 15.7. The van der Waals surface area contributed by atoms with Crippen molar-refractivity contribution in [2.75, 3.05) is 6.61 Å². The molecule has 4 saturated carbocycles. The molecule has 0 amide bonds. The molecule has 5 heteroatoms. The van der Waals surface area contributed by atoms with Gasteiger partial charge in [-0.1, -0.05) is 45.0 Å². The second-order valence-electron chi connectivity index (χ2n) is 15.6. The number of benzene rings is 1. The molecule has 212 valence electrons. The predicted octanol–water partition coefficient (Wildman–Crippen LogP) is 6.82. The monoisotopic (exact) mass is 541 g/mol. The quantitative estimate of drug-likeness (QED) is 0.401. The van der Waals surface area contributed by atoms with Crippen LogP contribution in [0.3, 0.4) is 0 Å². The topological polar surface area (TPSA) is 68.7 Å². The summed E-state index contributed by atoms with van der Waals surface area (Å²) >= 11 is 0. The van der Waals surface area contributed by atoms with Crippen LogP contribution in [0.2, 0.25) is 0 Å². The smallest absolute Gasteiger partial charge is 0.139 e. The minimum absolute atomic E-state index is 0.0352. The summed E-state index contributed by atoms with van der Waals surface area (Å²) in [7, 11) is 0. The van der Waals surface area contributed by atoms with Crippen LogP contribution in [0.15, 0.2) is 42.7 Å². The van der Waals surface area contributed by atoms with Gasteiger partial charge in [0.2, 0.25) is 0 Å². The van der Waals surface area contributed by atoms with E-state index in [9.17, 15) is 9.90 Å². The number of carbonyl (C=O) groups excluding carboxylic acids is 1. The molecule has 8 rings (SSSR count). The van der Waals surface area contributed by atoms with Crippen LogP contribution in [0.4, 0.5) is 0 Å².